The number of hydrogen-bond acceptors (Lipinski definition) is 9. The van der Waals surface area contributed by atoms with Gasteiger partial charge in [-0.25, -0.2) is 14.2 Å². The van der Waals surface area contributed by atoms with Gasteiger partial charge in [-0.05, 0) is 37.5 Å². The average molecular weight is 591 g/mol. The fraction of sp³-hybridized carbons (Fsp3) is 0.300. The molecule has 1 atom stereocenters. The first-order chi connectivity index (χ1) is 20.4. The van der Waals surface area contributed by atoms with Gasteiger partial charge in [0.05, 0.1) is 24.8 Å². The van der Waals surface area contributed by atoms with Crippen molar-refractivity contribution in [2.24, 2.45) is 5.92 Å². The van der Waals surface area contributed by atoms with Crippen LogP contribution in [0.25, 0.3) is 11.4 Å². The number of nitrogens with zero attached hydrogens (tertiary/aromatic N) is 4. The van der Waals surface area contributed by atoms with Crippen molar-refractivity contribution in [1.29, 1.82) is 0 Å². The second kappa shape index (κ2) is 12.8. The zero-order valence-corrected chi connectivity index (χ0v) is 24.3. The molecule has 2 aromatic heterocycles. The van der Waals surface area contributed by atoms with E-state index in [1.54, 1.807) is 70.2 Å². The van der Waals surface area contributed by atoms with E-state index in [2.05, 4.69) is 30.6 Å². The van der Waals surface area contributed by atoms with Crippen LogP contribution < -0.4 is 16.2 Å². The Bertz CT molecular complexity index is 1700. The third kappa shape index (κ3) is 6.83. The first-order valence-electron chi connectivity index (χ1n) is 13.4. The predicted octanol–water partition coefficient (Wildman–Crippen LogP) is 3.96. The molecular weight excluding hydrogens is 559 g/mol. The van der Waals surface area contributed by atoms with Crippen molar-refractivity contribution < 1.29 is 27.9 Å². The Hall–Kier alpha value is -5.20. The zero-order valence-electron chi connectivity index (χ0n) is 24.3. The van der Waals surface area contributed by atoms with Gasteiger partial charge in [0.15, 0.2) is 0 Å². The van der Waals surface area contributed by atoms with E-state index < -0.39 is 53.1 Å². The van der Waals surface area contributed by atoms with E-state index >= 15 is 0 Å². The van der Waals surface area contributed by atoms with Crippen molar-refractivity contribution in [3.05, 3.63) is 94.3 Å². The number of carbonyl (C=O) groups is 3. The summed E-state index contributed by atoms with van der Waals surface area (Å²) in [4.78, 5) is 56.1. The molecule has 224 valence electrons. The molecule has 2 aromatic carbocycles. The molecule has 0 unspecified atom stereocenters. The van der Waals surface area contributed by atoms with Crippen molar-refractivity contribution >= 4 is 23.5 Å². The molecule has 4 aromatic rings. The molecule has 12 nitrogen and oxygen atoms in total. The number of carbonyl (C=O) groups excluding carboxylic acids is 3. The Kier molecular flexibility index (Phi) is 9.12. The molecule has 2 N–H and O–H groups in total. The average Bonchev–Trinajstić information content (AvgIpc) is 3.49. The Morgan fingerprint density at radius 3 is 2.44 bits per heavy atom. The highest BCUT2D eigenvalue weighted by molar-refractivity contribution is 5.98. The second-order valence-electron chi connectivity index (χ2n) is 10.6. The molecule has 4 rings (SSSR count). The number of hydrogen-bond donors (Lipinski definition) is 2. The van der Waals surface area contributed by atoms with E-state index in [1.165, 1.54) is 18.3 Å². The van der Waals surface area contributed by atoms with Crippen LogP contribution in [0.5, 0.6) is 0 Å². The number of nitrogens with one attached hydrogen (secondary N) is 2. The van der Waals surface area contributed by atoms with Gasteiger partial charge < -0.3 is 14.5 Å². The third-order valence-electron chi connectivity index (χ3n) is 6.79. The molecule has 0 aliphatic heterocycles. The standard InChI is InChI=1S/C30H31FN6O6/c1-17(2)23(24(39)26-35-36-28(43-26)30(3,4)19-12-9-13-20(31)14-19)34-22(38)16-37-25(18-10-7-6-8-11-18)32-15-21(27(37)40)33-29(41)42-5/h6-15,17,23H,16H2,1-5H3,(H,33,41)(H,34,38)/t23-/m1/s1. The lowest BCUT2D eigenvalue weighted by Crippen LogP contribution is -2.46. The maximum Gasteiger partial charge on any atom is 0.411 e. The molecule has 0 saturated heterocycles. The van der Waals surface area contributed by atoms with E-state index in [0.29, 0.717) is 11.1 Å². The maximum absolute atomic E-state index is 13.8. The summed E-state index contributed by atoms with van der Waals surface area (Å²) in [5.74, 6) is -2.21. The highest BCUT2D eigenvalue weighted by Gasteiger charge is 2.34. The number of ketones is 1. The Morgan fingerprint density at radius 2 is 1.79 bits per heavy atom. The first kappa shape index (κ1) is 30.8. The van der Waals surface area contributed by atoms with E-state index in [0.717, 1.165) is 11.7 Å². The second-order valence-corrected chi connectivity index (χ2v) is 10.6. The number of methoxy groups -OCH3 is 1. The van der Waals surface area contributed by atoms with E-state index in [4.69, 9.17) is 4.42 Å². The normalized spacial score (nSPS) is 12.1. The monoisotopic (exact) mass is 590 g/mol. The van der Waals surface area contributed by atoms with E-state index in [9.17, 15) is 23.6 Å². The smallest absolute Gasteiger partial charge is 0.411 e. The van der Waals surface area contributed by atoms with Crippen LogP contribution >= 0.6 is 0 Å². The van der Waals surface area contributed by atoms with Crippen LogP contribution in [0.15, 0.2) is 70.0 Å². The fourth-order valence-corrected chi connectivity index (χ4v) is 4.31. The van der Waals surface area contributed by atoms with Crippen LogP contribution in [0, 0.1) is 11.7 Å². The van der Waals surface area contributed by atoms with Gasteiger partial charge in [-0.1, -0.05) is 56.3 Å². The highest BCUT2D eigenvalue weighted by atomic mass is 19.1. The minimum absolute atomic E-state index is 0.0929. The fourth-order valence-electron chi connectivity index (χ4n) is 4.31. The van der Waals surface area contributed by atoms with Crippen LogP contribution in [0.1, 0.15) is 49.8 Å². The predicted molar refractivity (Wildman–Crippen MR) is 154 cm³/mol. The number of halogens is 1. The molecular formula is C30H31FN6O6. The molecule has 0 saturated carbocycles. The van der Waals surface area contributed by atoms with Gasteiger partial charge in [-0.15, -0.1) is 10.2 Å². The van der Waals surface area contributed by atoms with Crippen molar-refractivity contribution in [3.8, 4) is 11.4 Å². The summed E-state index contributed by atoms with van der Waals surface area (Å²) in [5.41, 5.74) is -0.693. The minimum atomic E-state index is -1.08. The van der Waals surface area contributed by atoms with Crippen molar-refractivity contribution in [2.45, 2.75) is 45.7 Å². The Labute approximate surface area is 246 Å². The summed E-state index contributed by atoms with van der Waals surface area (Å²) in [7, 11) is 1.14. The summed E-state index contributed by atoms with van der Waals surface area (Å²) in [6.07, 6.45) is 0.293. The van der Waals surface area contributed by atoms with E-state index in [1.807, 2.05) is 0 Å². The molecule has 43 heavy (non-hydrogen) atoms. The maximum atomic E-state index is 13.8. The largest absolute Gasteiger partial charge is 0.453 e. The molecule has 0 fully saturated rings. The molecule has 13 heteroatoms. The van der Waals surface area contributed by atoms with Crippen LogP contribution in [-0.4, -0.2) is 50.7 Å². The lowest BCUT2D eigenvalue weighted by atomic mass is 9.84. The van der Waals surface area contributed by atoms with Gasteiger partial charge in [0.2, 0.25) is 17.6 Å². The van der Waals surface area contributed by atoms with Crippen molar-refractivity contribution in [3.63, 3.8) is 0 Å². The SMILES string of the molecule is COC(=O)Nc1cnc(-c2ccccc2)n(CC(=O)N[C@@H](C(=O)c2nnc(C(C)(C)c3cccc(F)c3)o2)C(C)C)c1=O. The lowest BCUT2D eigenvalue weighted by Gasteiger charge is -2.21. The number of anilines is 1. The summed E-state index contributed by atoms with van der Waals surface area (Å²) in [6, 6.07) is 13.5. The molecule has 0 bridgehead atoms. The molecule has 0 radical (unpaired) electrons. The summed E-state index contributed by atoms with van der Waals surface area (Å²) < 4.78 is 25.2. The molecule has 2 heterocycles. The third-order valence-corrected chi connectivity index (χ3v) is 6.79. The van der Waals surface area contributed by atoms with Crippen molar-refractivity contribution in [1.82, 2.24) is 25.1 Å². The first-order valence-corrected chi connectivity index (χ1v) is 13.4. The highest BCUT2D eigenvalue weighted by Crippen LogP contribution is 2.31. The number of Topliss-reactive ketones (excluding diaryl/α,β-unsaturated/α-hetero) is 1. The molecule has 2 amide bonds. The van der Waals surface area contributed by atoms with Gasteiger partial charge in [-0.2, -0.15) is 0 Å². The van der Waals surface area contributed by atoms with Crippen LogP contribution in [0.4, 0.5) is 14.9 Å². The summed E-state index contributed by atoms with van der Waals surface area (Å²) >= 11 is 0. The number of amides is 2. The summed E-state index contributed by atoms with van der Waals surface area (Å²) in [5, 5.41) is 12.9. The van der Waals surface area contributed by atoms with Crippen LogP contribution in [0.2, 0.25) is 0 Å². The molecule has 0 spiro atoms. The number of rotatable bonds is 10. The lowest BCUT2D eigenvalue weighted by molar-refractivity contribution is -0.122. The Balaban J connectivity index is 1.60. The van der Waals surface area contributed by atoms with Gasteiger partial charge in [0, 0.05) is 5.56 Å². The summed E-state index contributed by atoms with van der Waals surface area (Å²) in [6.45, 7) is 6.43. The van der Waals surface area contributed by atoms with E-state index in [-0.39, 0.29) is 23.3 Å². The topological polar surface area (TPSA) is 158 Å². The quantitative estimate of drug-likeness (QED) is 0.261. The van der Waals surface area contributed by atoms with Crippen LogP contribution in [-0.2, 0) is 21.5 Å². The number of ether oxygens (including phenoxy) is 1. The molecule has 0 aliphatic carbocycles. The number of benzene rings is 2. The minimum Gasteiger partial charge on any atom is -0.453 e. The number of aromatic nitrogens is 4. The van der Waals surface area contributed by atoms with Gasteiger partial charge in [-0.3, -0.25) is 24.3 Å². The van der Waals surface area contributed by atoms with Crippen LogP contribution in [0.3, 0.4) is 0 Å². The van der Waals surface area contributed by atoms with Gasteiger partial charge >= 0.3 is 6.09 Å². The molecule has 0 aliphatic rings. The van der Waals surface area contributed by atoms with Gasteiger partial charge in [0.25, 0.3) is 11.4 Å². The van der Waals surface area contributed by atoms with Crippen molar-refractivity contribution in [2.75, 3.05) is 12.4 Å². The van der Waals surface area contributed by atoms with Gasteiger partial charge in [0.1, 0.15) is 23.9 Å². The Morgan fingerprint density at radius 1 is 1.07 bits per heavy atom. The zero-order chi connectivity index (χ0) is 31.3.